The van der Waals surface area contributed by atoms with Gasteiger partial charge in [0.05, 0.1) is 19.3 Å². The topological polar surface area (TPSA) is 21.7 Å². The first-order valence-corrected chi connectivity index (χ1v) is 17.2. The highest BCUT2D eigenvalue weighted by Gasteiger charge is 2.11. The van der Waals surface area contributed by atoms with Crippen molar-refractivity contribution in [2.75, 3.05) is 40.5 Å². The average molecular weight is 538 g/mol. The Morgan fingerprint density at radius 1 is 0.447 bits per heavy atom. The smallest absolute Gasteiger partial charge is 0.0644 e. The molecule has 3 nitrogen and oxygen atoms in total. The third kappa shape index (κ3) is 30.2. The molecule has 0 aliphatic rings. The van der Waals surface area contributed by atoms with Gasteiger partial charge in [0.15, 0.2) is 0 Å². The van der Waals surface area contributed by atoms with Crippen LogP contribution in [-0.2, 0) is 9.47 Å². The number of nitrogens with zero attached hydrogens (tertiary/aromatic N) is 1. The van der Waals surface area contributed by atoms with Crippen LogP contribution >= 0.6 is 0 Å². The third-order valence-electron chi connectivity index (χ3n) is 7.79. The molecular weight excluding hydrogens is 466 g/mol. The van der Waals surface area contributed by atoms with Crippen LogP contribution in [-0.4, -0.2) is 51.5 Å². The molecule has 0 saturated heterocycles. The first-order chi connectivity index (χ1) is 18.7. The lowest BCUT2D eigenvalue weighted by atomic mass is 10.1. The van der Waals surface area contributed by atoms with Crippen molar-refractivity contribution in [1.29, 1.82) is 0 Å². The van der Waals surface area contributed by atoms with E-state index in [2.05, 4.69) is 45.0 Å². The summed E-state index contributed by atoms with van der Waals surface area (Å²) in [5.41, 5.74) is 0. The minimum Gasteiger partial charge on any atom is -0.380 e. The van der Waals surface area contributed by atoms with Crippen LogP contribution in [0.5, 0.6) is 0 Å². The summed E-state index contributed by atoms with van der Waals surface area (Å²) in [6.07, 6.45) is 37.6. The minimum absolute atomic E-state index is 0.371. The van der Waals surface area contributed by atoms with Gasteiger partial charge in [0.25, 0.3) is 0 Å². The Bertz CT molecular complexity index is 451. The molecule has 3 heteroatoms. The monoisotopic (exact) mass is 538 g/mol. The van der Waals surface area contributed by atoms with E-state index in [-0.39, 0.29) is 0 Å². The van der Waals surface area contributed by atoms with Gasteiger partial charge in [0.1, 0.15) is 0 Å². The van der Waals surface area contributed by atoms with Crippen molar-refractivity contribution >= 4 is 0 Å². The van der Waals surface area contributed by atoms with Crippen LogP contribution < -0.4 is 0 Å². The summed E-state index contributed by atoms with van der Waals surface area (Å²) in [6.45, 7) is 7.94. The van der Waals surface area contributed by atoms with Crippen LogP contribution in [0.4, 0.5) is 0 Å². The number of rotatable bonds is 32. The molecule has 0 aliphatic heterocycles. The molecule has 0 rings (SSSR count). The molecule has 0 N–H and O–H groups in total. The zero-order valence-electron chi connectivity index (χ0n) is 26.8. The van der Waals surface area contributed by atoms with Crippen molar-refractivity contribution < 1.29 is 9.47 Å². The SMILES string of the molecule is CCCCCCCCC=CCCCCCCCCCCCCOCC(COCCCCCCCC)N(C)C. The highest BCUT2D eigenvalue weighted by molar-refractivity contribution is 4.81. The van der Waals surface area contributed by atoms with Gasteiger partial charge in [-0.2, -0.15) is 0 Å². The van der Waals surface area contributed by atoms with E-state index in [1.165, 1.54) is 154 Å². The summed E-state index contributed by atoms with van der Waals surface area (Å²) < 4.78 is 11.9. The maximum Gasteiger partial charge on any atom is 0.0644 e. The maximum absolute atomic E-state index is 5.99. The standard InChI is InChI=1S/C35H71NO2/c1-5-7-9-11-13-14-15-16-17-18-19-20-21-22-23-24-25-26-28-30-32-38-34-35(36(3)4)33-37-31-29-27-12-10-8-6-2/h16-17,35H,5-15,18-34H2,1-4H3. The summed E-state index contributed by atoms with van der Waals surface area (Å²) in [5, 5.41) is 0. The molecule has 0 aromatic rings. The molecule has 0 aliphatic carbocycles. The van der Waals surface area contributed by atoms with Crippen molar-refractivity contribution in [2.45, 2.75) is 174 Å². The van der Waals surface area contributed by atoms with Crippen molar-refractivity contribution in [2.24, 2.45) is 0 Å². The van der Waals surface area contributed by atoms with Gasteiger partial charge in [-0.3, -0.25) is 0 Å². The van der Waals surface area contributed by atoms with Crippen LogP contribution in [0.2, 0.25) is 0 Å². The van der Waals surface area contributed by atoms with E-state index in [1.807, 2.05) is 0 Å². The Morgan fingerprint density at radius 3 is 1.11 bits per heavy atom. The quantitative estimate of drug-likeness (QED) is 0.0629. The molecule has 0 fully saturated rings. The molecule has 0 saturated carbocycles. The van der Waals surface area contributed by atoms with Gasteiger partial charge in [-0.15, -0.1) is 0 Å². The van der Waals surface area contributed by atoms with Gasteiger partial charge >= 0.3 is 0 Å². The van der Waals surface area contributed by atoms with Crippen LogP contribution in [0.25, 0.3) is 0 Å². The lowest BCUT2D eigenvalue weighted by Crippen LogP contribution is -2.37. The number of hydrogen-bond donors (Lipinski definition) is 0. The maximum atomic E-state index is 5.99. The van der Waals surface area contributed by atoms with Crippen LogP contribution in [0, 0.1) is 0 Å². The molecule has 0 heterocycles. The fraction of sp³-hybridized carbons (Fsp3) is 0.943. The molecule has 0 aromatic heterocycles. The van der Waals surface area contributed by atoms with Crippen molar-refractivity contribution in [3.63, 3.8) is 0 Å². The van der Waals surface area contributed by atoms with Gasteiger partial charge < -0.3 is 14.4 Å². The van der Waals surface area contributed by atoms with Gasteiger partial charge in [-0.1, -0.05) is 142 Å². The van der Waals surface area contributed by atoms with Crippen molar-refractivity contribution in [3.05, 3.63) is 12.2 Å². The molecule has 1 atom stereocenters. The number of likely N-dealkylation sites (N-methyl/N-ethyl adjacent to an activating group) is 1. The van der Waals surface area contributed by atoms with Gasteiger partial charge in [-0.05, 0) is 52.6 Å². The Morgan fingerprint density at radius 2 is 0.763 bits per heavy atom. The molecule has 1 unspecified atom stereocenters. The molecule has 0 bridgehead atoms. The predicted octanol–water partition coefficient (Wildman–Crippen LogP) is 10.9. The Hall–Kier alpha value is -0.380. The summed E-state index contributed by atoms with van der Waals surface area (Å²) in [7, 11) is 4.27. The van der Waals surface area contributed by atoms with Crippen LogP contribution in [0.1, 0.15) is 168 Å². The largest absolute Gasteiger partial charge is 0.380 e. The van der Waals surface area contributed by atoms with Crippen molar-refractivity contribution in [1.82, 2.24) is 4.90 Å². The lowest BCUT2D eigenvalue weighted by molar-refractivity contribution is 0.0197. The summed E-state index contributed by atoms with van der Waals surface area (Å²) in [5.74, 6) is 0. The average Bonchev–Trinajstić information content (AvgIpc) is 2.91. The van der Waals surface area contributed by atoms with E-state index in [0.717, 1.165) is 26.4 Å². The highest BCUT2D eigenvalue weighted by Crippen LogP contribution is 2.13. The normalized spacial score (nSPS) is 12.8. The van der Waals surface area contributed by atoms with E-state index < -0.39 is 0 Å². The Balaban J connectivity index is 3.34. The molecule has 38 heavy (non-hydrogen) atoms. The van der Waals surface area contributed by atoms with Crippen molar-refractivity contribution in [3.8, 4) is 0 Å². The summed E-state index contributed by atoms with van der Waals surface area (Å²) >= 11 is 0. The molecule has 0 amide bonds. The lowest BCUT2D eigenvalue weighted by Gasteiger charge is -2.24. The Kier molecular flexibility index (Phi) is 32.5. The first kappa shape index (κ1) is 37.6. The summed E-state index contributed by atoms with van der Waals surface area (Å²) in [6, 6.07) is 0.371. The second-order valence-electron chi connectivity index (χ2n) is 11.9. The number of ether oxygens (including phenoxy) is 2. The minimum atomic E-state index is 0.371. The molecule has 0 spiro atoms. The van der Waals surface area contributed by atoms with Gasteiger partial charge in [0.2, 0.25) is 0 Å². The number of hydrogen-bond acceptors (Lipinski definition) is 3. The zero-order valence-corrected chi connectivity index (χ0v) is 26.8. The van der Waals surface area contributed by atoms with E-state index >= 15 is 0 Å². The molecule has 0 aromatic carbocycles. The summed E-state index contributed by atoms with van der Waals surface area (Å²) in [4.78, 5) is 2.25. The second kappa shape index (κ2) is 32.8. The fourth-order valence-corrected chi connectivity index (χ4v) is 4.93. The fourth-order valence-electron chi connectivity index (χ4n) is 4.93. The zero-order chi connectivity index (χ0) is 27.8. The number of allylic oxidation sites excluding steroid dienone is 2. The molecule has 228 valence electrons. The number of unbranched alkanes of at least 4 members (excludes halogenated alkanes) is 21. The molecule has 0 radical (unpaired) electrons. The highest BCUT2D eigenvalue weighted by atomic mass is 16.5. The van der Waals surface area contributed by atoms with E-state index in [9.17, 15) is 0 Å². The van der Waals surface area contributed by atoms with E-state index in [0.29, 0.717) is 6.04 Å². The predicted molar refractivity (Wildman–Crippen MR) is 170 cm³/mol. The first-order valence-electron chi connectivity index (χ1n) is 17.2. The van der Waals surface area contributed by atoms with Crippen LogP contribution in [0.3, 0.4) is 0 Å². The van der Waals surface area contributed by atoms with E-state index in [4.69, 9.17) is 9.47 Å². The van der Waals surface area contributed by atoms with E-state index in [1.54, 1.807) is 0 Å². The third-order valence-corrected chi connectivity index (χ3v) is 7.79. The second-order valence-corrected chi connectivity index (χ2v) is 11.9. The molecular formula is C35H71NO2. The van der Waals surface area contributed by atoms with Crippen LogP contribution in [0.15, 0.2) is 12.2 Å². The Labute approximate surface area is 240 Å². The van der Waals surface area contributed by atoms with Gasteiger partial charge in [0, 0.05) is 13.2 Å². The van der Waals surface area contributed by atoms with Gasteiger partial charge in [-0.25, -0.2) is 0 Å².